The van der Waals surface area contributed by atoms with Crippen molar-refractivity contribution in [1.82, 2.24) is 0 Å². The number of aliphatic hydroxyl groups is 1. The third-order valence-corrected chi connectivity index (χ3v) is 7.16. The van der Waals surface area contributed by atoms with Crippen LogP contribution in [0.2, 0.25) is 0 Å². The molecule has 0 aromatic heterocycles. The molecule has 0 amide bonds. The van der Waals surface area contributed by atoms with Crippen LogP contribution in [0.5, 0.6) is 0 Å². The first kappa shape index (κ1) is 25.0. The van der Waals surface area contributed by atoms with Crippen LogP contribution in [0.3, 0.4) is 0 Å². The second-order valence-corrected chi connectivity index (χ2v) is 10.1. The normalized spacial score (nSPS) is 35.7. The molecule has 3 aliphatic rings. The maximum absolute atomic E-state index is 12.6. The van der Waals surface area contributed by atoms with E-state index in [0.717, 1.165) is 31.3 Å². The van der Waals surface area contributed by atoms with Gasteiger partial charge in [0.1, 0.15) is 12.2 Å². The minimum Gasteiger partial charge on any atom is -0.462 e. The number of hydrogen-bond acceptors (Lipinski definition) is 6. The quantitative estimate of drug-likeness (QED) is 0.556. The number of cyclic esters (lactones) is 1. The number of rotatable bonds is 8. The van der Waals surface area contributed by atoms with Gasteiger partial charge in [-0.3, -0.25) is 9.59 Å². The van der Waals surface area contributed by atoms with E-state index in [0.29, 0.717) is 18.8 Å². The molecule has 1 heterocycles. The summed E-state index contributed by atoms with van der Waals surface area (Å²) in [5.74, 6) is 0.0641. The van der Waals surface area contributed by atoms with Crippen LogP contribution in [0.25, 0.3) is 0 Å². The van der Waals surface area contributed by atoms with Gasteiger partial charge in [0.15, 0.2) is 0 Å². The van der Waals surface area contributed by atoms with Gasteiger partial charge in [0.2, 0.25) is 0 Å². The van der Waals surface area contributed by atoms with Crippen molar-refractivity contribution in [3.63, 3.8) is 0 Å². The number of carbonyl (C=O) groups excluding carboxylic acids is 2. The van der Waals surface area contributed by atoms with Crippen molar-refractivity contribution >= 4 is 11.9 Å². The summed E-state index contributed by atoms with van der Waals surface area (Å²) in [4.78, 5) is 24.7. The van der Waals surface area contributed by atoms with Crippen LogP contribution in [0.15, 0.2) is 23.8 Å². The van der Waals surface area contributed by atoms with Gasteiger partial charge in [-0.2, -0.15) is 0 Å². The summed E-state index contributed by atoms with van der Waals surface area (Å²) >= 11 is 0. The second-order valence-electron chi connectivity index (χ2n) is 10.1. The summed E-state index contributed by atoms with van der Waals surface area (Å²) in [5, 5.41) is 10.4. The number of fused-ring (bicyclic) bond motifs is 1. The lowest BCUT2D eigenvalue weighted by molar-refractivity contribution is -0.166. The maximum atomic E-state index is 12.6. The van der Waals surface area contributed by atoms with Gasteiger partial charge in [-0.1, -0.05) is 39.0 Å². The fourth-order valence-corrected chi connectivity index (χ4v) is 5.31. The summed E-state index contributed by atoms with van der Waals surface area (Å²) in [6, 6.07) is 0. The van der Waals surface area contributed by atoms with E-state index in [4.69, 9.17) is 14.2 Å². The zero-order chi connectivity index (χ0) is 23.4. The first-order chi connectivity index (χ1) is 15.2. The lowest BCUT2D eigenvalue weighted by Crippen LogP contribution is -2.43. The molecule has 3 rings (SSSR count). The Hall–Kier alpha value is -1.66. The molecule has 1 fully saturated rings. The monoisotopic (exact) mass is 448 g/mol. The molecule has 0 saturated carbocycles. The minimum atomic E-state index is -0.608. The molecule has 0 aromatic carbocycles. The highest BCUT2D eigenvalue weighted by atomic mass is 16.6. The molecule has 8 unspecified atom stereocenters. The molecule has 1 aliphatic heterocycles. The molecule has 180 valence electrons. The van der Waals surface area contributed by atoms with E-state index in [2.05, 4.69) is 19.1 Å². The zero-order valence-electron chi connectivity index (χ0n) is 20.2. The molecule has 0 bridgehead atoms. The van der Waals surface area contributed by atoms with Crippen LogP contribution < -0.4 is 0 Å². The fraction of sp³-hybridized carbons (Fsp3) is 0.769. The average Bonchev–Trinajstić information content (AvgIpc) is 2.71. The summed E-state index contributed by atoms with van der Waals surface area (Å²) in [6.45, 7) is 10.0. The molecule has 0 spiro atoms. The summed E-state index contributed by atoms with van der Waals surface area (Å²) < 4.78 is 17.5. The zero-order valence-corrected chi connectivity index (χ0v) is 20.2. The van der Waals surface area contributed by atoms with E-state index < -0.39 is 6.10 Å². The highest BCUT2D eigenvalue weighted by Gasteiger charge is 2.42. The molecule has 0 aromatic rings. The van der Waals surface area contributed by atoms with Gasteiger partial charge in [0, 0.05) is 18.8 Å². The highest BCUT2D eigenvalue weighted by Crippen LogP contribution is 2.44. The number of hydrogen-bond donors (Lipinski definition) is 1. The van der Waals surface area contributed by atoms with Crippen molar-refractivity contribution in [2.75, 3.05) is 0 Å². The third-order valence-electron chi connectivity index (χ3n) is 7.16. The number of esters is 2. The van der Waals surface area contributed by atoms with Gasteiger partial charge in [-0.05, 0) is 50.5 Å². The number of allylic oxidation sites excluding steroid dienone is 2. The van der Waals surface area contributed by atoms with Crippen LogP contribution in [0.1, 0.15) is 73.1 Å². The Labute approximate surface area is 192 Å². The van der Waals surface area contributed by atoms with Crippen molar-refractivity contribution in [3.05, 3.63) is 23.8 Å². The Bertz CT molecular complexity index is 726. The van der Waals surface area contributed by atoms with E-state index in [1.807, 2.05) is 33.8 Å². The van der Waals surface area contributed by atoms with Crippen LogP contribution >= 0.6 is 0 Å². The summed E-state index contributed by atoms with van der Waals surface area (Å²) in [5.41, 5.74) is 1.05. The first-order valence-corrected chi connectivity index (χ1v) is 12.3. The van der Waals surface area contributed by atoms with E-state index in [1.165, 1.54) is 0 Å². The van der Waals surface area contributed by atoms with Gasteiger partial charge in [-0.15, -0.1) is 0 Å². The predicted molar refractivity (Wildman–Crippen MR) is 122 cm³/mol. The lowest BCUT2D eigenvalue weighted by Gasteiger charge is -2.43. The minimum absolute atomic E-state index is 0.0495. The van der Waals surface area contributed by atoms with Crippen LogP contribution in [-0.4, -0.2) is 47.6 Å². The van der Waals surface area contributed by atoms with Crippen molar-refractivity contribution < 1.29 is 28.9 Å². The summed E-state index contributed by atoms with van der Waals surface area (Å²) in [6.07, 6.45) is 8.85. The van der Waals surface area contributed by atoms with Gasteiger partial charge in [0.25, 0.3) is 0 Å². The van der Waals surface area contributed by atoms with Gasteiger partial charge in [-0.25, -0.2) is 0 Å². The highest BCUT2D eigenvalue weighted by molar-refractivity contribution is 5.72. The van der Waals surface area contributed by atoms with Gasteiger partial charge < -0.3 is 19.3 Å². The Morgan fingerprint density at radius 2 is 2.00 bits per heavy atom. The largest absolute Gasteiger partial charge is 0.462 e. The van der Waals surface area contributed by atoms with Gasteiger partial charge in [0.05, 0.1) is 30.7 Å². The van der Waals surface area contributed by atoms with E-state index in [1.54, 1.807) is 0 Å². The molecule has 8 atom stereocenters. The maximum Gasteiger partial charge on any atom is 0.308 e. The Balaban J connectivity index is 1.71. The number of ether oxygens (including phenoxy) is 3. The molecule has 32 heavy (non-hydrogen) atoms. The van der Waals surface area contributed by atoms with E-state index >= 15 is 0 Å². The first-order valence-electron chi connectivity index (χ1n) is 12.3. The number of aliphatic hydroxyl groups excluding tert-OH is 1. The lowest BCUT2D eigenvalue weighted by atomic mass is 9.66. The molecule has 0 radical (unpaired) electrons. The molecule has 1 N–H and O–H groups in total. The SMILES string of the molecule is CCC(C)C(=O)OC1CC(O)C=C2C=CC(C)C(CCC3CC(OC(C)C)CC(=O)O3)C21. The predicted octanol–water partition coefficient (Wildman–Crippen LogP) is 4.35. The third kappa shape index (κ3) is 6.22. The molecule has 6 heteroatoms. The smallest absolute Gasteiger partial charge is 0.308 e. The average molecular weight is 449 g/mol. The van der Waals surface area contributed by atoms with Crippen molar-refractivity contribution in [1.29, 1.82) is 0 Å². The fourth-order valence-electron chi connectivity index (χ4n) is 5.31. The summed E-state index contributed by atoms with van der Waals surface area (Å²) in [7, 11) is 0. The Kier molecular flexibility index (Phi) is 8.56. The Morgan fingerprint density at radius 1 is 1.25 bits per heavy atom. The standard InChI is InChI=1S/C26H40O6/c1-6-16(4)26(29)32-23-12-19(27)11-18-8-7-17(5)22(25(18)23)10-9-20-13-21(30-15(2)3)14-24(28)31-20/h7-8,11,15-17,19-23,25,27H,6,9-10,12-14H2,1-5H3. The van der Waals surface area contributed by atoms with Crippen LogP contribution in [0.4, 0.5) is 0 Å². The van der Waals surface area contributed by atoms with Gasteiger partial charge >= 0.3 is 11.9 Å². The van der Waals surface area contributed by atoms with E-state index in [-0.39, 0.29) is 54.1 Å². The second kappa shape index (κ2) is 11.0. The van der Waals surface area contributed by atoms with Crippen molar-refractivity contribution in [2.24, 2.45) is 23.7 Å². The number of carbonyl (C=O) groups is 2. The molecule has 6 nitrogen and oxygen atoms in total. The van der Waals surface area contributed by atoms with Crippen molar-refractivity contribution in [3.8, 4) is 0 Å². The van der Waals surface area contributed by atoms with E-state index in [9.17, 15) is 14.7 Å². The molecule has 2 aliphatic carbocycles. The molecule has 1 saturated heterocycles. The molecular formula is C26H40O6. The molecular weight excluding hydrogens is 408 g/mol. The van der Waals surface area contributed by atoms with Crippen LogP contribution in [0, 0.1) is 23.7 Å². The Morgan fingerprint density at radius 3 is 2.69 bits per heavy atom. The van der Waals surface area contributed by atoms with Crippen LogP contribution in [-0.2, 0) is 23.8 Å². The van der Waals surface area contributed by atoms with Crippen molar-refractivity contribution in [2.45, 2.75) is 104 Å². The topological polar surface area (TPSA) is 82.1 Å².